The van der Waals surface area contributed by atoms with Crippen LogP contribution in [0.4, 0.5) is 10.2 Å². The molecule has 1 unspecified atom stereocenters. The summed E-state index contributed by atoms with van der Waals surface area (Å²) in [5, 5.41) is 3.02. The Morgan fingerprint density at radius 3 is 3.24 bits per heavy atom. The van der Waals surface area contributed by atoms with E-state index >= 15 is 0 Å². The molecule has 0 bridgehead atoms. The number of hydrogen-bond donors (Lipinski definition) is 1. The van der Waals surface area contributed by atoms with E-state index in [9.17, 15) is 9.18 Å². The summed E-state index contributed by atoms with van der Waals surface area (Å²) in [6, 6.07) is 0.0138. The fourth-order valence-corrected chi connectivity index (χ4v) is 2.47. The number of halogens is 2. The summed E-state index contributed by atoms with van der Waals surface area (Å²) >= 11 is 5.67. The minimum absolute atomic E-state index is 0.00278. The average Bonchev–Trinajstić information content (AvgIpc) is 2.43. The molecule has 21 heavy (non-hydrogen) atoms. The van der Waals surface area contributed by atoms with Gasteiger partial charge < -0.3 is 10.1 Å². The Bertz CT molecular complexity index is 551. The van der Waals surface area contributed by atoms with Crippen LogP contribution in [-0.4, -0.2) is 28.6 Å². The van der Waals surface area contributed by atoms with Gasteiger partial charge in [-0.3, -0.25) is 0 Å². The summed E-state index contributed by atoms with van der Waals surface area (Å²) < 4.78 is 18.5. The summed E-state index contributed by atoms with van der Waals surface area (Å²) in [6.45, 7) is 2.12. The first-order valence-electron chi connectivity index (χ1n) is 6.89. The molecule has 0 aliphatic heterocycles. The van der Waals surface area contributed by atoms with E-state index < -0.39 is 5.82 Å². The Morgan fingerprint density at radius 1 is 1.67 bits per heavy atom. The molecule has 1 N–H and O–H groups in total. The lowest BCUT2D eigenvalue weighted by Crippen LogP contribution is -2.25. The summed E-state index contributed by atoms with van der Waals surface area (Å²) in [7, 11) is 0. The van der Waals surface area contributed by atoms with Crippen LogP contribution in [0.3, 0.4) is 0 Å². The molecular weight excluding hydrogens is 297 g/mol. The normalized spacial score (nSPS) is 20.3. The van der Waals surface area contributed by atoms with Crippen molar-refractivity contribution in [3.8, 4) is 0 Å². The van der Waals surface area contributed by atoms with E-state index in [0.717, 1.165) is 31.0 Å². The standard InChI is InChI=1S/C14H17ClFN3O2/c1-2-21-12(20)7-9-4-3-5-10(6-9)18-13-11(16)8-17-14(15)19-13/h7-8,10H,2-6H2,1H3,(H,17,18,19). The molecule has 114 valence electrons. The number of anilines is 1. The van der Waals surface area contributed by atoms with Gasteiger partial charge in [-0.25, -0.2) is 14.2 Å². The first-order chi connectivity index (χ1) is 10.1. The number of carbonyl (C=O) groups excluding carboxylic acids is 1. The molecule has 1 atom stereocenters. The predicted molar refractivity (Wildman–Crippen MR) is 77.6 cm³/mol. The Balaban J connectivity index is 2.01. The summed E-state index contributed by atoms with van der Waals surface area (Å²) in [6.07, 6.45) is 5.87. The minimum atomic E-state index is -0.541. The van der Waals surface area contributed by atoms with Crippen molar-refractivity contribution < 1.29 is 13.9 Å². The average molecular weight is 314 g/mol. The number of ether oxygens (including phenoxy) is 1. The molecule has 0 saturated heterocycles. The largest absolute Gasteiger partial charge is 0.463 e. The maximum absolute atomic E-state index is 13.6. The van der Waals surface area contributed by atoms with Crippen molar-refractivity contribution in [1.29, 1.82) is 0 Å². The van der Waals surface area contributed by atoms with E-state index in [4.69, 9.17) is 16.3 Å². The van der Waals surface area contributed by atoms with Crippen molar-refractivity contribution in [2.24, 2.45) is 0 Å². The van der Waals surface area contributed by atoms with Crippen LogP contribution in [0.25, 0.3) is 0 Å². The lowest BCUT2D eigenvalue weighted by Gasteiger charge is -2.25. The van der Waals surface area contributed by atoms with Crippen molar-refractivity contribution in [2.45, 2.75) is 38.6 Å². The molecule has 1 aromatic rings. The number of aromatic nitrogens is 2. The molecule has 0 aromatic carbocycles. The van der Waals surface area contributed by atoms with Crippen molar-refractivity contribution in [3.05, 3.63) is 28.9 Å². The highest BCUT2D eigenvalue weighted by molar-refractivity contribution is 6.28. The molecule has 1 aromatic heterocycles. The zero-order chi connectivity index (χ0) is 15.2. The third-order valence-corrected chi connectivity index (χ3v) is 3.41. The van der Waals surface area contributed by atoms with Crippen LogP contribution in [0.5, 0.6) is 0 Å². The van der Waals surface area contributed by atoms with E-state index in [1.165, 1.54) is 6.08 Å². The molecule has 1 saturated carbocycles. The van der Waals surface area contributed by atoms with Crippen molar-refractivity contribution in [3.63, 3.8) is 0 Å². The van der Waals surface area contributed by atoms with Gasteiger partial charge >= 0.3 is 5.97 Å². The third-order valence-electron chi connectivity index (χ3n) is 3.22. The second kappa shape index (κ2) is 7.36. The molecule has 5 nitrogen and oxygen atoms in total. The van der Waals surface area contributed by atoms with Gasteiger partial charge in [0.15, 0.2) is 11.6 Å². The van der Waals surface area contributed by atoms with Gasteiger partial charge in [-0.1, -0.05) is 5.57 Å². The van der Waals surface area contributed by atoms with E-state index in [2.05, 4.69) is 15.3 Å². The second-order valence-corrected chi connectivity index (χ2v) is 5.17. The zero-order valence-electron chi connectivity index (χ0n) is 11.7. The van der Waals surface area contributed by atoms with Crippen LogP contribution in [0, 0.1) is 5.82 Å². The Labute approximate surface area is 127 Å². The Kier molecular flexibility index (Phi) is 5.50. The molecule has 1 fully saturated rings. The van der Waals surface area contributed by atoms with Crippen molar-refractivity contribution >= 4 is 23.4 Å². The quantitative estimate of drug-likeness (QED) is 0.525. The molecule has 0 spiro atoms. The van der Waals surface area contributed by atoms with Crippen molar-refractivity contribution in [2.75, 3.05) is 11.9 Å². The highest BCUT2D eigenvalue weighted by atomic mass is 35.5. The summed E-state index contributed by atoms with van der Waals surface area (Å²) in [4.78, 5) is 18.9. The monoisotopic (exact) mass is 313 g/mol. The Hall–Kier alpha value is -1.69. The fraction of sp³-hybridized carbons (Fsp3) is 0.500. The predicted octanol–water partition coefficient (Wildman–Crippen LogP) is 3.11. The smallest absolute Gasteiger partial charge is 0.330 e. The topological polar surface area (TPSA) is 64.1 Å². The fourth-order valence-electron chi connectivity index (χ4n) is 2.34. The lowest BCUT2D eigenvalue weighted by atomic mass is 9.90. The number of rotatable bonds is 4. The summed E-state index contributed by atoms with van der Waals surface area (Å²) in [5.74, 6) is -0.775. The van der Waals surface area contributed by atoms with E-state index in [1.54, 1.807) is 6.92 Å². The van der Waals surface area contributed by atoms with Gasteiger partial charge in [-0.2, -0.15) is 4.98 Å². The molecule has 2 rings (SSSR count). The Morgan fingerprint density at radius 2 is 2.48 bits per heavy atom. The van der Waals surface area contributed by atoms with E-state index in [-0.39, 0.29) is 23.1 Å². The number of esters is 1. The van der Waals surface area contributed by atoms with Gasteiger partial charge in [0.05, 0.1) is 12.8 Å². The third kappa shape index (κ3) is 4.67. The SMILES string of the molecule is CCOC(=O)C=C1CCCC(Nc2nc(Cl)ncc2F)C1. The highest BCUT2D eigenvalue weighted by Crippen LogP contribution is 2.26. The first-order valence-corrected chi connectivity index (χ1v) is 7.27. The van der Waals surface area contributed by atoms with Crippen LogP contribution in [0.15, 0.2) is 17.8 Å². The van der Waals surface area contributed by atoms with Crippen molar-refractivity contribution in [1.82, 2.24) is 9.97 Å². The van der Waals surface area contributed by atoms with Crippen LogP contribution in [0.1, 0.15) is 32.6 Å². The molecule has 0 amide bonds. The van der Waals surface area contributed by atoms with Gasteiger partial charge in [-0.05, 0) is 44.2 Å². The minimum Gasteiger partial charge on any atom is -0.463 e. The number of carbonyl (C=O) groups is 1. The molecule has 1 aliphatic rings. The maximum atomic E-state index is 13.6. The van der Waals surface area contributed by atoms with Crippen LogP contribution < -0.4 is 5.32 Å². The van der Waals surface area contributed by atoms with Crippen LogP contribution in [0.2, 0.25) is 5.28 Å². The number of hydrogen-bond acceptors (Lipinski definition) is 5. The summed E-state index contributed by atoms with van der Waals surface area (Å²) in [5.41, 5.74) is 0.998. The molecule has 1 aliphatic carbocycles. The van der Waals surface area contributed by atoms with E-state index in [0.29, 0.717) is 13.0 Å². The molecule has 0 radical (unpaired) electrons. The lowest BCUT2D eigenvalue weighted by molar-refractivity contribution is -0.137. The van der Waals surface area contributed by atoms with Gasteiger partial charge in [0.25, 0.3) is 0 Å². The van der Waals surface area contributed by atoms with Gasteiger partial charge in [0.2, 0.25) is 5.28 Å². The molecule has 1 heterocycles. The zero-order valence-corrected chi connectivity index (χ0v) is 12.5. The number of nitrogens with one attached hydrogen (secondary N) is 1. The first kappa shape index (κ1) is 15.7. The van der Waals surface area contributed by atoms with Gasteiger partial charge in [0.1, 0.15) is 0 Å². The number of nitrogens with zero attached hydrogens (tertiary/aromatic N) is 2. The van der Waals surface area contributed by atoms with Crippen LogP contribution >= 0.6 is 11.6 Å². The highest BCUT2D eigenvalue weighted by Gasteiger charge is 2.20. The maximum Gasteiger partial charge on any atom is 0.330 e. The van der Waals surface area contributed by atoms with Gasteiger partial charge in [0, 0.05) is 12.1 Å². The second-order valence-electron chi connectivity index (χ2n) is 4.83. The molecular formula is C14H17ClFN3O2. The van der Waals surface area contributed by atoms with Crippen LogP contribution in [-0.2, 0) is 9.53 Å². The van der Waals surface area contributed by atoms with Gasteiger partial charge in [-0.15, -0.1) is 0 Å². The molecule has 7 heteroatoms. The van der Waals surface area contributed by atoms with E-state index in [1.807, 2.05) is 0 Å².